The molecule has 0 aliphatic heterocycles. The summed E-state index contributed by atoms with van der Waals surface area (Å²) in [6.07, 6.45) is 0.716. The molecule has 0 radical (unpaired) electrons. The molecule has 0 bridgehead atoms. The first-order valence-electron chi connectivity index (χ1n) is 4.56. The second-order valence-electron chi connectivity index (χ2n) is 2.99. The predicted molar refractivity (Wildman–Crippen MR) is 55.4 cm³/mol. The van der Waals surface area contributed by atoms with Crippen molar-refractivity contribution in [2.45, 2.75) is 32.1 Å². The Bertz CT molecular complexity index is 162. The van der Waals surface area contributed by atoms with Crippen LogP contribution in [-0.4, -0.2) is 38.3 Å². The lowest BCUT2D eigenvalue weighted by Crippen LogP contribution is -2.42. The minimum absolute atomic E-state index is 0.0303. The summed E-state index contributed by atoms with van der Waals surface area (Å²) in [4.78, 5) is 11.3. The van der Waals surface area contributed by atoms with Crippen LogP contribution in [0.5, 0.6) is 0 Å². The van der Waals surface area contributed by atoms with E-state index in [9.17, 15) is 4.79 Å². The zero-order chi connectivity index (χ0) is 11.0. The summed E-state index contributed by atoms with van der Waals surface area (Å²) in [7, 11) is 3.07. The van der Waals surface area contributed by atoms with Crippen LogP contribution in [0.3, 0.4) is 0 Å². The van der Waals surface area contributed by atoms with Gasteiger partial charge in [0.05, 0.1) is 6.04 Å². The zero-order valence-corrected chi connectivity index (χ0v) is 9.63. The van der Waals surface area contributed by atoms with Gasteiger partial charge in [0, 0.05) is 26.5 Å². The van der Waals surface area contributed by atoms with Gasteiger partial charge in [-0.15, -0.1) is 11.6 Å². The van der Waals surface area contributed by atoms with Crippen molar-refractivity contribution in [1.82, 2.24) is 5.32 Å². The van der Waals surface area contributed by atoms with Gasteiger partial charge in [0.1, 0.15) is 0 Å². The van der Waals surface area contributed by atoms with Crippen LogP contribution in [0.25, 0.3) is 0 Å². The van der Waals surface area contributed by atoms with Crippen LogP contribution in [0.15, 0.2) is 0 Å². The van der Waals surface area contributed by atoms with Gasteiger partial charge in [-0.05, 0) is 13.3 Å². The monoisotopic (exact) mass is 223 g/mol. The van der Waals surface area contributed by atoms with E-state index in [2.05, 4.69) is 5.32 Å². The van der Waals surface area contributed by atoms with Crippen molar-refractivity contribution in [2.24, 2.45) is 0 Å². The van der Waals surface area contributed by atoms with Crippen LogP contribution in [0.2, 0.25) is 0 Å². The van der Waals surface area contributed by atoms with Crippen molar-refractivity contribution in [3.05, 3.63) is 0 Å². The Balaban J connectivity index is 3.79. The third kappa shape index (κ3) is 5.42. The Morgan fingerprint density at radius 2 is 2.00 bits per heavy atom. The van der Waals surface area contributed by atoms with E-state index in [-0.39, 0.29) is 11.9 Å². The summed E-state index contributed by atoms with van der Waals surface area (Å²) >= 11 is 5.47. The third-order valence-electron chi connectivity index (χ3n) is 1.80. The highest BCUT2D eigenvalue weighted by Crippen LogP contribution is 2.00. The van der Waals surface area contributed by atoms with E-state index < -0.39 is 6.29 Å². The molecule has 0 aromatic heterocycles. The van der Waals surface area contributed by atoms with E-state index in [4.69, 9.17) is 21.1 Å². The van der Waals surface area contributed by atoms with Crippen molar-refractivity contribution >= 4 is 17.5 Å². The Kier molecular flexibility index (Phi) is 7.84. The summed E-state index contributed by atoms with van der Waals surface area (Å²) in [6.45, 7) is 1.83. The van der Waals surface area contributed by atoms with Gasteiger partial charge in [-0.2, -0.15) is 0 Å². The minimum atomic E-state index is -0.407. The molecule has 1 atom stereocenters. The highest BCUT2D eigenvalue weighted by Gasteiger charge is 2.17. The van der Waals surface area contributed by atoms with Gasteiger partial charge < -0.3 is 14.8 Å². The normalized spacial score (nSPS) is 12.9. The fourth-order valence-electron chi connectivity index (χ4n) is 1.13. The number of hydrogen-bond donors (Lipinski definition) is 1. The molecule has 4 nitrogen and oxygen atoms in total. The van der Waals surface area contributed by atoms with Crippen molar-refractivity contribution in [1.29, 1.82) is 0 Å². The first-order valence-corrected chi connectivity index (χ1v) is 5.10. The summed E-state index contributed by atoms with van der Waals surface area (Å²) in [6, 6.07) is -0.159. The quantitative estimate of drug-likeness (QED) is 0.520. The minimum Gasteiger partial charge on any atom is -0.354 e. The van der Waals surface area contributed by atoms with Crippen LogP contribution in [0.1, 0.15) is 19.8 Å². The van der Waals surface area contributed by atoms with Crippen molar-refractivity contribution in [3.63, 3.8) is 0 Å². The molecular weight excluding hydrogens is 206 g/mol. The zero-order valence-electron chi connectivity index (χ0n) is 8.88. The van der Waals surface area contributed by atoms with Crippen molar-refractivity contribution < 1.29 is 14.3 Å². The van der Waals surface area contributed by atoms with Gasteiger partial charge >= 0.3 is 0 Å². The molecule has 0 aromatic carbocycles. The second kappa shape index (κ2) is 8.03. The summed E-state index contributed by atoms with van der Waals surface area (Å²) in [5.74, 6) is 0.469. The lowest BCUT2D eigenvalue weighted by atomic mass is 10.2. The molecule has 1 N–H and O–H groups in total. The average Bonchev–Trinajstić information content (AvgIpc) is 2.16. The van der Waals surface area contributed by atoms with Crippen LogP contribution in [0.4, 0.5) is 0 Å². The second-order valence-corrected chi connectivity index (χ2v) is 3.37. The standard InChI is InChI=1S/C9H18ClNO3/c1-7(9(13-2)14-3)11-8(12)5-4-6-10/h7,9H,4-6H2,1-3H3,(H,11,12). The number of halogens is 1. The maximum Gasteiger partial charge on any atom is 0.220 e. The average molecular weight is 224 g/mol. The lowest BCUT2D eigenvalue weighted by Gasteiger charge is -2.21. The molecule has 5 heteroatoms. The number of rotatable bonds is 7. The molecule has 14 heavy (non-hydrogen) atoms. The van der Waals surface area contributed by atoms with Crippen LogP contribution >= 0.6 is 11.6 Å². The molecule has 0 saturated carbocycles. The van der Waals surface area contributed by atoms with E-state index in [0.717, 1.165) is 0 Å². The largest absolute Gasteiger partial charge is 0.354 e. The maximum atomic E-state index is 11.3. The molecule has 1 unspecified atom stereocenters. The van der Waals surface area contributed by atoms with Gasteiger partial charge in [0.15, 0.2) is 6.29 Å². The summed E-state index contributed by atoms with van der Waals surface area (Å²) < 4.78 is 10.0. The van der Waals surface area contributed by atoms with E-state index in [1.807, 2.05) is 6.92 Å². The van der Waals surface area contributed by atoms with Crippen LogP contribution in [0, 0.1) is 0 Å². The van der Waals surface area contributed by atoms with E-state index in [1.54, 1.807) is 0 Å². The topological polar surface area (TPSA) is 47.6 Å². The number of methoxy groups -OCH3 is 2. The lowest BCUT2D eigenvalue weighted by molar-refractivity contribution is -0.135. The molecule has 0 heterocycles. The Morgan fingerprint density at radius 3 is 2.43 bits per heavy atom. The highest BCUT2D eigenvalue weighted by molar-refractivity contribution is 6.17. The van der Waals surface area contributed by atoms with Gasteiger partial charge in [0.2, 0.25) is 5.91 Å². The van der Waals surface area contributed by atoms with Crippen LogP contribution in [-0.2, 0) is 14.3 Å². The Labute approximate surface area is 89.9 Å². The Hall–Kier alpha value is -0.320. The van der Waals surface area contributed by atoms with Crippen molar-refractivity contribution in [2.75, 3.05) is 20.1 Å². The molecule has 0 saturated heterocycles. The third-order valence-corrected chi connectivity index (χ3v) is 2.07. The molecule has 0 aliphatic rings. The van der Waals surface area contributed by atoms with E-state index in [1.165, 1.54) is 14.2 Å². The number of alkyl halides is 1. The molecule has 0 aliphatic carbocycles. The molecule has 0 rings (SSSR count). The number of carbonyl (C=O) groups is 1. The fourth-order valence-corrected chi connectivity index (χ4v) is 1.26. The summed E-state index contributed by atoms with van der Waals surface area (Å²) in [5.41, 5.74) is 0. The van der Waals surface area contributed by atoms with Gasteiger partial charge in [-0.3, -0.25) is 4.79 Å². The number of hydrogen-bond acceptors (Lipinski definition) is 3. The molecule has 84 valence electrons. The van der Waals surface area contributed by atoms with Gasteiger partial charge in [-0.1, -0.05) is 0 Å². The van der Waals surface area contributed by atoms with E-state index >= 15 is 0 Å². The number of nitrogens with one attached hydrogen (secondary N) is 1. The van der Waals surface area contributed by atoms with E-state index in [0.29, 0.717) is 18.7 Å². The summed E-state index contributed by atoms with van der Waals surface area (Å²) in [5, 5.41) is 2.77. The van der Waals surface area contributed by atoms with Crippen LogP contribution < -0.4 is 5.32 Å². The molecular formula is C9H18ClNO3. The van der Waals surface area contributed by atoms with Gasteiger partial charge in [-0.25, -0.2) is 0 Å². The number of amides is 1. The number of carbonyl (C=O) groups excluding carboxylic acids is 1. The first-order chi connectivity index (χ1) is 6.65. The first kappa shape index (κ1) is 13.7. The SMILES string of the molecule is COC(OC)C(C)NC(=O)CCCCl. The molecule has 0 fully saturated rings. The molecule has 1 amide bonds. The Morgan fingerprint density at radius 1 is 1.43 bits per heavy atom. The number of ether oxygens (including phenoxy) is 2. The highest BCUT2D eigenvalue weighted by atomic mass is 35.5. The predicted octanol–water partition coefficient (Wildman–Crippen LogP) is 1.13. The fraction of sp³-hybridized carbons (Fsp3) is 0.889. The molecule has 0 aromatic rings. The van der Waals surface area contributed by atoms with Crippen molar-refractivity contribution in [3.8, 4) is 0 Å². The maximum absolute atomic E-state index is 11.3. The smallest absolute Gasteiger partial charge is 0.220 e. The molecule has 0 spiro atoms. The van der Waals surface area contributed by atoms with Gasteiger partial charge in [0.25, 0.3) is 0 Å².